The van der Waals surface area contributed by atoms with E-state index in [1.807, 2.05) is 0 Å². The Morgan fingerprint density at radius 3 is 2.40 bits per heavy atom. The van der Waals surface area contributed by atoms with Gasteiger partial charge in [0, 0.05) is 10.0 Å². The quantitative estimate of drug-likeness (QED) is 0.868. The average molecular weight is 331 g/mol. The number of amides is 1. The number of methoxy groups -OCH3 is 1. The lowest BCUT2D eigenvalue weighted by molar-refractivity contribution is 0.102. The first-order valence-corrected chi connectivity index (χ1v) is 6.74. The average Bonchev–Trinajstić information content (AvgIpc) is 2.41. The van der Waals surface area contributed by atoms with Crippen LogP contribution >= 0.6 is 34.8 Å². The lowest BCUT2D eigenvalue weighted by atomic mass is 10.2. The van der Waals surface area contributed by atoms with Gasteiger partial charge in [0.2, 0.25) is 0 Å². The van der Waals surface area contributed by atoms with Gasteiger partial charge in [0.1, 0.15) is 5.75 Å². The molecular formula is C14H10Cl3NO2. The first-order valence-electron chi connectivity index (χ1n) is 5.61. The molecule has 104 valence electrons. The number of carbonyl (C=O) groups excluding carboxylic acids is 1. The van der Waals surface area contributed by atoms with Crippen LogP contribution in [0.3, 0.4) is 0 Å². The van der Waals surface area contributed by atoms with E-state index in [1.54, 1.807) is 30.3 Å². The topological polar surface area (TPSA) is 38.3 Å². The minimum Gasteiger partial charge on any atom is -0.495 e. The third kappa shape index (κ3) is 3.37. The molecule has 0 fully saturated rings. The number of hydrogen-bond donors (Lipinski definition) is 1. The third-order valence-corrected chi connectivity index (χ3v) is 3.38. The van der Waals surface area contributed by atoms with Crippen LogP contribution in [-0.2, 0) is 0 Å². The summed E-state index contributed by atoms with van der Waals surface area (Å²) in [5.41, 5.74) is 0.738. The molecule has 2 aromatic carbocycles. The molecule has 6 heteroatoms. The van der Waals surface area contributed by atoms with Crippen LogP contribution < -0.4 is 10.1 Å². The van der Waals surface area contributed by atoms with Crippen molar-refractivity contribution in [3.63, 3.8) is 0 Å². The Morgan fingerprint density at radius 1 is 1.05 bits per heavy atom. The predicted octanol–water partition coefficient (Wildman–Crippen LogP) is 4.91. The highest BCUT2D eigenvalue weighted by Crippen LogP contribution is 2.29. The summed E-state index contributed by atoms with van der Waals surface area (Å²) in [6.07, 6.45) is 0. The molecule has 0 atom stereocenters. The van der Waals surface area contributed by atoms with Crippen molar-refractivity contribution in [1.29, 1.82) is 0 Å². The molecule has 2 aromatic rings. The first kappa shape index (κ1) is 15.0. The molecule has 0 saturated carbocycles. The van der Waals surface area contributed by atoms with Gasteiger partial charge in [-0.05, 0) is 36.4 Å². The second-order valence-electron chi connectivity index (χ2n) is 3.92. The molecule has 0 unspecified atom stereocenters. The van der Waals surface area contributed by atoms with Gasteiger partial charge in [-0.15, -0.1) is 0 Å². The van der Waals surface area contributed by atoms with Crippen molar-refractivity contribution >= 4 is 46.4 Å². The largest absolute Gasteiger partial charge is 0.495 e. The van der Waals surface area contributed by atoms with E-state index >= 15 is 0 Å². The molecule has 20 heavy (non-hydrogen) atoms. The number of hydrogen-bond acceptors (Lipinski definition) is 2. The van der Waals surface area contributed by atoms with E-state index in [1.165, 1.54) is 13.2 Å². The van der Waals surface area contributed by atoms with Crippen molar-refractivity contribution in [3.05, 3.63) is 57.0 Å². The van der Waals surface area contributed by atoms with Crippen molar-refractivity contribution in [3.8, 4) is 5.75 Å². The Kier molecular flexibility index (Phi) is 4.76. The number of halogens is 3. The zero-order valence-corrected chi connectivity index (χ0v) is 12.7. The minimum absolute atomic E-state index is 0.279. The molecule has 0 heterocycles. The Morgan fingerprint density at radius 2 is 1.70 bits per heavy atom. The summed E-state index contributed by atoms with van der Waals surface area (Å²) in [6.45, 7) is 0. The summed E-state index contributed by atoms with van der Waals surface area (Å²) in [4.78, 5) is 12.2. The summed E-state index contributed by atoms with van der Waals surface area (Å²) in [7, 11) is 1.51. The molecule has 0 saturated heterocycles. The molecule has 1 amide bonds. The van der Waals surface area contributed by atoms with Crippen LogP contribution in [0.4, 0.5) is 5.69 Å². The molecule has 0 aliphatic carbocycles. The van der Waals surface area contributed by atoms with E-state index in [2.05, 4.69) is 5.32 Å². The van der Waals surface area contributed by atoms with Crippen LogP contribution in [0.2, 0.25) is 15.1 Å². The maximum atomic E-state index is 12.2. The highest BCUT2D eigenvalue weighted by Gasteiger charge is 2.14. The van der Waals surface area contributed by atoms with Gasteiger partial charge in [-0.3, -0.25) is 4.79 Å². The lowest BCUT2D eigenvalue weighted by Crippen LogP contribution is -2.13. The summed E-state index contributed by atoms with van der Waals surface area (Å²) in [6, 6.07) is 9.60. The number of carbonyl (C=O) groups is 1. The molecule has 0 spiro atoms. The van der Waals surface area contributed by atoms with Gasteiger partial charge in [0.25, 0.3) is 5.91 Å². The zero-order chi connectivity index (χ0) is 14.7. The van der Waals surface area contributed by atoms with Gasteiger partial charge in [-0.1, -0.05) is 34.8 Å². The fourth-order valence-electron chi connectivity index (χ4n) is 1.64. The normalized spacial score (nSPS) is 10.2. The van der Waals surface area contributed by atoms with E-state index in [0.29, 0.717) is 26.5 Å². The van der Waals surface area contributed by atoms with Crippen molar-refractivity contribution in [1.82, 2.24) is 0 Å². The van der Waals surface area contributed by atoms with Crippen LogP contribution in [0.15, 0.2) is 36.4 Å². The summed E-state index contributed by atoms with van der Waals surface area (Å²) in [5.74, 6) is 0.110. The number of anilines is 1. The van der Waals surface area contributed by atoms with Crippen LogP contribution in [0.5, 0.6) is 5.75 Å². The van der Waals surface area contributed by atoms with Gasteiger partial charge in [-0.2, -0.15) is 0 Å². The number of rotatable bonds is 3. The fraction of sp³-hybridized carbons (Fsp3) is 0.0714. The maximum Gasteiger partial charge on any atom is 0.257 e. The second-order valence-corrected chi connectivity index (χ2v) is 5.20. The van der Waals surface area contributed by atoms with Crippen LogP contribution in [0.1, 0.15) is 10.4 Å². The Labute approximate surface area is 131 Å². The highest BCUT2D eigenvalue weighted by molar-refractivity contribution is 6.36. The van der Waals surface area contributed by atoms with E-state index in [-0.39, 0.29) is 5.56 Å². The standard InChI is InChI=1S/C14H10Cl3NO2/c1-20-13-5-3-9(16)7-12(13)18-14(19)10-6-8(15)2-4-11(10)17/h2-7H,1H3,(H,18,19). The van der Waals surface area contributed by atoms with Gasteiger partial charge >= 0.3 is 0 Å². The summed E-state index contributed by atoms with van der Waals surface area (Å²) in [5, 5.41) is 3.92. The number of benzene rings is 2. The molecule has 0 aliphatic heterocycles. The minimum atomic E-state index is -0.391. The van der Waals surface area contributed by atoms with Crippen molar-refractivity contribution in [2.45, 2.75) is 0 Å². The van der Waals surface area contributed by atoms with Crippen molar-refractivity contribution < 1.29 is 9.53 Å². The Bertz CT molecular complexity index is 659. The highest BCUT2D eigenvalue weighted by atomic mass is 35.5. The smallest absolute Gasteiger partial charge is 0.257 e. The SMILES string of the molecule is COc1ccc(Cl)cc1NC(=O)c1cc(Cl)ccc1Cl. The Hall–Kier alpha value is -1.42. The molecule has 0 bridgehead atoms. The zero-order valence-electron chi connectivity index (χ0n) is 10.4. The molecule has 2 rings (SSSR count). The molecule has 0 aromatic heterocycles. The van der Waals surface area contributed by atoms with E-state index in [4.69, 9.17) is 39.5 Å². The van der Waals surface area contributed by atoms with Gasteiger partial charge in [0.15, 0.2) is 0 Å². The van der Waals surface area contributed by atoms with Crippen molar-refractivity contribution in [2.75, 3.05) is 12.4 Å². The van der Waals surface area contributed by atoms with Crippen LogP contribution in [0, 0.1) is 0 Å². The van der Waals surface area contributed by atoms with E-state index in [9.17, 15) is 4.79 Å². The predicted molar refractivity (Wildman–Crippen MR) is 82.4 cm³/mol. The van der Waals surface area contributed by atoms with Crippen LogP contribution in [-0.4, -0.2) is 13.0 Å². The first-order chi connectivity index (χ1) is 9.51. The lowest BCUT2D eigenvalue weighted by Gasteiger charge is -2.11. The molecule has 0 radical (unpaired) electrons. The molecule has 0 aliphatic rings. The molecule has 3 nitrogen and oxygen atoms in total. The number of nitrogens with one attached hydrogen (secondary N) is 1. The van der Waals surface area contributed by atoms with Gasteiger partial charge in [-0.25, -0.2) is 0 Å². The summed E-state index contributed by atoms with van der Waals surface area (Å²) < 4.78 is 5.16. The third-order valence-electron chi connectivity index (χ3n) is 2.58. The van der Waals surface area contributed by atoms with Crippen molar-refractivity contribution in [2.24, 2.45) is 0 Å². The second kappa shape index (κ2) is 6.35. The number of ether oxygens (including phenoxy) is 1. The Balaban J connectivity index is 2.32. The molecular weight excluding hydrogens is 321 g/mol. The van der Waals surface area contributed by atoms with Crippen LogP contribution in [0.25, 0.3) is 0 Å². The van der Waals surface area contributed by atoms with E-state index in [0.717, 1.165) is 0 Å². The van der Waals surface area contributed by atoms with E-state index < -0.39 is 5.91 Å². The monoisotopic (exact) mass is 329 g/mol. The van der Waals surface area contributed by atoms with Gasteiger partial charge in [0.05, 0.1) is 23.4 Å². The maximum absolute atomic E-state index is 12.2. The van der Waals surface area contributed by atoms with Gasteiger partial charge < -0.3 is 10.1 Å². The fourth-order valence-corrected chi connectivity index (χ4v) is 2.19. The summed E-state index contributed by atoms with van der Waals surface area (Å²) >= 11 is 17.8. The molecule has 1 N–H and O–H groups in total.